The summed E-state index contributed by atoms with van der Waals surface area (Å²) < 4.78 is 52.4. The van der Waals surface area contributed by atoms with Crippen molar-refractivity contribution in [3.8, 4) is 11.5 Å². The van der Waals surface area contributed by atoms with Gasteiger partial charge < -0.3 is 24.8 Å². The summed E-state index contributed by atoms with van der Waals surface area (Å²) in [5, 5.41) is 13.3. The van der Waals surface area contributed by atoms with Crippen LogP contribution in [0.25, 0.3) is 0 Å². The molecule has 3 rings (SSSR count). The Kier molecular flexibility index (Phi) is 6.88. The predicted octanol–water partition coefficient (Wildman–Crippen LogP) is 4.75. The molecule has 0 spiro atoms. The molecular weight excluding hydrogens is 425 g/mol. The number of alkyl carbamates (subject to hydrolysis) is 1. The first-order valence-corrected chi connectivity index (χ1v) is 10.3. The van der Waals surface area contributed by atoms with E-state index in [0.29, 0.717) is 31.6 Å². The van der Waals surface area contributed by atoms with Crippen LogP contribution in [0.1, 0.15) is 33.6 Å². The Hall–Kier alpha value is -2.94. The molecule has 0 aliphatic carbocycles. The highest BCUT2D eigenvalue weighted by atomic mass is 19.2. The van der Waals surface area contributed by atoms with Crippen LogP contribution < -0.4 is 15.0 Å². The highest BCUT2D eigenvalue weighted by Crippen LogP contribution is 2.33. The number of aliphatic hydroxyl groups is 1. The van der Waals surface area contributed by atoms with Gasteiger partial charge in [-0.15, -0.1) is 0 Å². The zero-order chi connectivity index (χ0) is 23.5. The number of anilines is 1. The first kappa shape index (κ1) is 23.7. The third kappa shape index (κ3) is 6.29. The van der Waals surface area contributed by atoms with Gasteiger partial charge in [0.25, 0.3) is 0 Å². The number of nitrogens with zero attached hydrogens (tertiary/aromatic N) is 1. The maximum Gasteiger partial charge on any atom is 0.407 e. The molecule has 1 amide bonds. The minimum Gasteiger partial charge on any atom is -0.454 e. The van der Waals surface area contributed by atoms with Crippen molar-refractivity contribution in [3.05, 3.63) is 53.8 Å². The monoisotopic (exact) mass is 452 g/mol. The number of piperidine rings is 1. The van der Waals surface area contributed by atoms with E-state index >= 15 is 0 Å². The number of hydrogen-bond donors (Lipinski definition) is 2. The third-order valence-corrected chi connectivity index (χ3v) is 5.02. The Balaban J connectivity index is 1.65. The second-order valence-corrected chi connectivity index (χ2v) is 8.87. The Morgan fingerprint density at radius 1 is 1.16 bits per heavy atom. The fraction of sp³-hybridized carbons (Fsp3) is 0.435. The summed E-state index contributed by atoms with van der Waals surface area (Å²) in [7, 11) is 0. The van der Waals surface area contributed by atoms with Crippen LogP contribution in [-0.2, 0) is 4.74 Å². The van der Waals surface area contributed by atoms with Crippen LogP contribution >= 0.6 is 0 Å². The van der Waals surface area contributed by atoms with Gasteiger partial charge in [-0.1, -0.05) is 6.07 Å². The maximum absolute atomic E-state index is 14.2. The van der Waals surface area contributed by atoms with Crippen LogP contribution in [0.5, 0.6) is 11.5 Å². The molecular formula is C23H27F3N2O4. The molecule has 0 unspecified atom stereocenters. The van der Waals surface area contributed by atoms with Gasteiger partial charge in [0, 0.05) is 43.5 Å². The number of nitrogens with one attached hydrogen (secondary N) is 1. The number of carbonyl (C=O) groups is 1. The van der Waals surface area contributed by atoms with Crippen molar-refractivity contribution < 1.29 is 32.5 Å². The second-order valence-electron chi connectivity index (χ2n) is 8.87. The van der Waals surface area contributed by atoms with E-state index < -0.39 is 34.7 Å². The summed E-state index contributed by atoms with van der Waals surface area (Å²) in [5.74, 6) is -3.15. The molecule has 1 saturated heterocycles. The highest BCUT2D eigenvalue weighted by Gasteiger charge is 2.34. The van der Waals surface area contributed by atoms with Crippen LogP contribution in [0.3, 0.4) is 0 Å². The smallest absolute Gasteiger partial charge is 0.407 e. The van der Waals surface area contributed by atoms with Crippen molar-refractivity contribution in [1.82, 2.24) is 5.32 Å². The molecule has 2 aromatic rings. The molecule has 1 aliphatic heterocycles. The van der Waals surface area contributed by atoms with Gasteiger partial charge in [-0.05, 0) is 45.7 Å². The summed E-state index contributed by atoms with van der Waals surface area (Å²) in [6.07, 6.45) is -0.0304. The van der Waals surface area contributed by atoms with Gasteiger partial charge in [0.15, 0.2) is 11.6 Å². The minimum atomic E-state index is -1.17. The quantitative estimate of drug-likeness (QED) is 0.685. The lowest BCUT2D eigenvalue weighted by Gasteiger charge is -2.39. The van der Waals surface area contributed by atoms with Gasteiger partial charge in [0.2, 0.25) is 5.82 Å². The normalized spacial score (nSPS) is 15.9. The Labute approximate surface area is 184 Å². The van der Waals surface area contributed by atoms with Crippen LogP contribution in [0, 0.1) is 17.5 Å². The molecule has 1 aliphatic rings. The van der Waals surface area contributed by atoms with E-state index in [1.165, 1.54) is 24.3 Å². The van der Waals surface area contributed by atoms with E-state index in [-0.39, 0.29) is 18.0 Å². The van der Waals surface area contributed by atoms with Crippen molar-refractivity contribution in [3.63, 3.8) is 0 Å². The van der Waals surface area contributed by atoms with Gasteiger partial charge in [-0.3, -0.25) is 0 Å². The van der Waals surface area contributed by atoms with Crippen LogP contribution in [0.15, 0.2) is 36.4 Å². The summed E-state index contributed by atoms with van der Waals surface area (Å²) in [4.78, 5) is 13.6. The molecule has 0 radical (unpaired) electrons. The largest absolute Gasteiger partial charge is 0.454 e. The molecule has 0 bridgehead atoms. The van der Waals surface area contributed by atoms with Gasteiger partial charge in [0.05, 0.1) is 5.60 Å². The second kappa shape index (κ2) is 9.28. The lowest BCUT2D eigenvalue weighted by molar-refractivity contribution is 0.00799. The zero-order valence-corrected chi connectivity index (χ0v) is 18.3. The number of rotatable bonds is 5. The molecule has 32 heavy (non-hydrogen) atoms. The number of ether oxygens (including phenoxy) is 2. The molecule has 1 heterocycles. The third-order valence-electron chi connectivity index (χ3n) is 5.02. The highest BCUT2D eigenvalue weighted by molar-refractivity contribution is 5.67. The summed E-state index contributed by atoms with van der Waals surface area (Å²) >= 11 is 0. The molecule has 6 nitrogen and oxygen atoms in total. The van der Waals surface area contributed by atoms with Crippen molar-refractivity contribution in [1.29, 1.82) is 0 Å². The van der Waals surface area contributed by atoms with E-state index in [0.717, 1.165) is 12.1 Å². The molecule has 2 N–H and O–H groups in total. The minimum absolute atomic E-state index is 0.0153. The fourth-order valence-electron chi connectivity index (χ4n) is 3.37. The van der Waals surface area contributed by atoms with Crippen LogP contribution in [0.2, 0.25) is 0 Å². The Morgan fingerprint density at radius 3 is 2.47 bits per heavy atom. The first-order chi connectivity index (χ1) is 14.9. The Morgan fingerprint density at radius 2 is 1.84 bits per heavy atom. The molecule has 9 heteroatoms. The van der Waals surface area contributed by atoms with Crippen molar-refractivity contribution >= 4 is 11.8 Å². The molecule has 0 saturated carbocycles. The number of halogens is 3. The number of hydrogen-bond acceptors (Lipinski definition) is 5. The lowest BCUT2D eigenvalue weighted by atomic mass is 9.91. The van der Waals surface area contributed by atoms with Gasteiger partial charge in [-0.2, -0.15) is 4.39 Å². The number of carbonyl (C=O) groups excluding carboxylic acids is 1. The zero-order valence-electron chi connectivity index (χ0n) is 18.3. The molecule has 0 atom stereocenters. The molecule has 174 valence electrons. The SMILES string of the molecule is CC(C)(C)OC(=O)NCC1(O)CCN(c2cc(F)c(F)c(Oc3cccc(F)c3)c2)CC1. The van der Waals surface area contributed by atoms with Gasteiger partial charge in [-0.25, -0.2) is 13.6 Å². The summed E-state index contributed by atoms with van der Waals surface area (Å²) in [6, 6.07) is 7.52. The van der Waals surface area contributed by atoms with Crippen molar-refractivity contribution in [2.45, 2.75) is 44.8 Å². The van der Waals surface area contributed by atoms with E-state index in [4.69, 9.17) is 9.47 Å². The van der Waals surface area contributed by atoms with E-state index in [2.05, 4.69) is 5.32 Å². The molecule has 1 fully saturated rings. The lowest BCUT2D eigenvalue weighted by Crippen LogP contribution is -2.51. The summed E-state index contributed by atoms with van der Waals surface area (Å²) in [5.41, 5.74) is -1.42. The molecule has 0 aromatic heterocycles. The van der Waals surface area contributed by atoms with Crippen molar-refractivity contribution in [2.24, 2.45) is 0 Å². The fourth-order valence-corrected chi connectivity index (χ4v) is 3.37. The van der Waals surface area contributed by atoms with Crippen molar-refractivity contribution in [2.75, 3.05) is 24.5 Å². The van der Waals surface area contributed by atoms with E-state index in [1.807, 2.05) is 0 Å². The first-order valence-electron chi connectivity index (χ1n) is 10.3. The predicted molar refractivity (Wildman–Crippen MR) is 113 cm³/mol. The maximum atomic E-state index is 14.2. The standard InChI is InChI=1S/C23H27F3N2O4/c1-22(2,3)32-21(29)27-14-23(30)7-9-28(10-8-23)16-12-18(25)20(26)19(13-16)31-17-6-4-5-15(24)11-17/h4-6,11-13,30H,7-10,14H2,1-3H3,(H,27,29). The number of amides is 1. The van der Waals surface area contributed by atoms with E-state index in [1.54, 1.807) is 25.7 Å². The number of benzene rings is 2. The van der Waals surface area contributed by atoms with Gasteiger partial charge in [0.1, 0.15) is 17.2 Å². The van der Waals surface area contributed by atoms with Crippen LogP contribution in [-0.4, -0.2) is 42.0 Å². The van der Waals surface area contributed by atoms with E-state index in [9.17, 15) is 23.1 Å². The Bertz CT molecular complexity index is 970. The average molecular weight is 452 g/mol. The summed E-state index contributed by atoms with van der Waals surface area (Å²) in [6.45, 7) is 5.94. The topological polar surface area (TPSA) is 71.0 Å². The molecule has 2 aromatic carbocycles. The van der Waals surface area contributed by atoms with Gasteiger partial charge >= 0.3 is 6.09 Å². The average Bonchev–Trinajstić information content (AvgIpc) is 2.69. The van der Waals surface area contributed by atoms with Crippen LogP contribution in [0.4, 0.5) is 23.7 Å².